The molecule has 0 radical (unpaired) electrons. The van der Waals surface area contributed by atoms with Gasteiger partial charge in [-0.3, -0.25) is 0 Å². The van der Waals surface area contributed by atoms with Crippen molar-refractivity contribution in [1.29, 1.82) is 10.5 Å². The van der Waals surface area contributed by atoms with Crippen LogP contribution < -0.4 is 9.80 Å². The van der Waals surface area contributed by atoms with E-state index in [1.807, 2.05) is 84.9 Å². The number of para-hydroxylation sites is 2. The average Bonchev–Trinajstić information content (AvgIpc) is 3.22. The summed E-state index contributed by atoms with van der Waals surface area (Å²) in [5.74, 6) is 0. The third kappa shape index (κ3) is 7.90. The number of nitrogens with zero attached hydrogens (tertiary/aromatic N) is 4. The van der Waals surface area contributed by atoms with E-state index in [2.05, 4.69) is 143 Å². The van der Waals surface area contributed by atoms with E-state index >= 15 is 0 Å². The van der Waals surface area contributed by atoms with Gasteiger partial charge in [-0.05, 0) is 119 Å². The Morgan fingerprint density at radius 3 is 0.788 bits per heavy atom. The van der Waals surface area contributed by atoms with Crippen molar-refractivity contribution in [2.24, 2.45) is 0 Å². The lowest BCUT2D eigenvalue weighted by Gasteiger charge is -2.25. The van der Waals surface area contributed by atoms with Gasteiger partial charge >= 0.3 is 0 Å². The summed E-state index contributed by atoms with van der Waals surface area (Å²) in [6, 6.07) is 65.7. The normalized spacial score (nSPS) is 10.9. The summed E-state index contributed by atoms with van der Waals surface area (Å²) in [4.78, 5) is 4.37. The molecule has 0 fully saturated rings. The first kappa shape index (κ1) is 33.1. The summed E-state index contributed by atoms with van der Waals surface area (Å²) in [5.41, 5.74) is 11.9. The van der Waals surface area contributed by atoms with Crippen molar-refractivity contribution >= 4 is 58.4 Å². The molecule has 246 valence electrons. The van der Waals surface area contributed by atoms with Crippen LogP contribution >= 0.6 is 0 Å². The van der Waals surface area contributed by atoms with Gasteiger partial charge in [-0.15, -0.1) is 0 Å². The summed E-state index contributed by atoms with van der Waals surface area (Å²) in [7, 11) is 0. The van der Waals surface area contributed by atoms with Crippen LogP contribution in [0.3, 0.4) is 0 Å². The Labute approximate surface area is 305 Å². The van der Waals surface area contributed by atoms with Gasteiger partial charge in [0.2, 0.25) is 0 Å². The number of hydrogen-bond acceptors (Lipinski definition) is 4. The molecular formula is C48H34N4. The van der Waals surface area contributed by atoms with Gasteiger partial charge in [-0.2, -0.15) is 10.5 Å². The zero-order chi connectivity index (χ0) is 35.5. The Morgan fingerprint density at radius 1 is 0.288 bits per heavy atom. The highest BCUT2D eigenvalue weighted by atomic mass is 15.1. The van der Waals surface area contributed by atoms with E-state index in [1.54, 1.807) is 0 Å². The predicted molar refractivity (Wildman–Crippen MR) is 216 cm³/mol. The van der Waals surface area contributed by atoms with Gasteiger partial charge in [-0.25, -0.2) is 0 Å². The number of nitriles is 2. The molecule has 52 heavy (non-hydrogen) atoms. The smallest absolute Gasteiger partial charge is 0.0991 e. The fourth-order valence-corrected chi connectivity index (χ4v) is 5.99. The van der Waals surface area contributed by atoms with Crippen molar-refractivity contribution in [3.63, 3.8) is 0 Å². The largest absolute Gasteiger partial charge is 0.311 e. The number of benzene rings is 7. The van der Waals surface area contributed by atoms with E-state index in [1.165, 1.54) is 0 Å². The predicted octanol–water partition coefficient (Wildman–Crippen LogP) is 12.7. The molecule has 0 amide bonds. The van der Waals surface area contributed by atoms with Crippen LogP contribution in [0.2, 0.25) is 0 Å². The van der Waals surface area contributed by atoms with Crippen molar-refractivity contribution in [1.82, 2.24) is 0 Å². The van der Waals surface area contributed by atoms with Gasteiger partial charge in [0.05, 0.1) is 23.3 Å². The average molecular weight is 667 g/mol. The molecule has 7 aromatic carbocycles. The first-order valence-corrected chi connectivity index (χ1v) is 17.0. The topological polar surface area (TPSA) is 54.1 Å². The zero-order valence-corrected chi connectivity index (χ0v) is 28.4. The maximum absolute atomic E-state index is 9.25. The van der Waals surface area contributed by atoms with E-state index in [0.717, 1.165) is 56.4 Å². The molecule has 0 aliphatic rings. The summed E-state index contributed by atoms with van der Waals surface area (Å²) in [6.07, 6.45) is 8.51. The molecule has 0 saturated carbocycles. The van der Waals surface area contributed by atoms with Crippen LogP contribution in [0, 0.1) is 22.7 Å². The molecule has 0 atom stereocenters. The van der Waals surface area contributed by atoms with E-state index in [4.69, 9.17) is 0 Å². The molecule has 0 aliphatic heterocycles. The molecule has 0 aromatic heterocycles. The molecule has 0 bridgehead atoms. The van der Waals surface area contributed by atoms with Crippen LogP contribution in [0.1, 0.15) is 33.4 Å². The van der Waals surface area contributed by atoms with Crippen molar-refractivity contribution in [2.75, 3.05) is 9.80 Å². The molecule has 0 heterocycles. The molecule has 7 aromatic rings. The second-order valence-electron chi connectivity index (χ2n) is 12.2. The van der Waals surface area contributed by atoms with Crippen LogP contribution in [-0.4, -0.2) is 0 Å². The van der Waals surface area contributed by atoms with E-state index in [-0.39, 0.29) is 0 Å². The maximum Gasteiger partial charge on any atom is 0.0991 e. The highest BCUT2D eigenvalue weighted by Gasteiger charge is 2.13. The fraction of sp³-hybridized carbons (Fsp3) is 0. The molecule has 4 heteroatoms. The third-order valence-corrected chi connectivity index (χ3v) is 8.71. The van der Waals surface area contributed by atoms with Crippen LogP contribution in [0.4, 0.5) is 34.1 Å². The van der Waals surface area contributed by atoms with E-state index < -0.39 is 0 Å². The first-order chi connectivity index (χ1) is 25.7. The van der Waals surface area contributed by atoms with Gasteiger partial charge in [0.15, 0.2) is 0 Å². The van der Waals surface area contributed by atoms with Crippen molar-refractivity contribution < 1.29 is 0 Å². The lowest BCUT2D eigenvalue weighted by atomic mass is 10.1. The minimum absolute atomic E-state index is 0.639. The summed E-state index contributed by atoms with van der Waals surface area (Å²) < 4.78 is 0. The third-order valence-electron chi connectivity index (χ3n) is 8.71. The van der Waals surface area contributed by atoms with Gasteiger partial charge in [-0.1, -0.05) is 109 Å². The van der Waals surface area contributed by atoms with Gasteiger partial charge in [0.1, 0.15) is 0 Å². The molecule has 4 nitrogen and oxygen atoms in total. The van der Waals surface area contributed by atoms with Crippen LogP contribution in [0.5, 0.6) is 0 Å². The fourth-order valence-electron chi connectivity index (χ4n) is 5.99. The van der Waals surface area contributed by atoms with Gasteiger partial charge in [0, 0.05) is 34.1 Å². The summed E-state index contributed by atoms with van der Waals surface area (Å²) in [5, 5.41) is 18.5. The standard InChI is InChI=1S/C48H34N4/c49-35-41-23-31-47(32-24-41)51(43-7-3-1-4-8-43)45-27-19-39(20-28-45)17-15-37-11-13-38(14-12-37)16-18-40-21-29-46(30-22-40)52(44-9-5-2-6-10-44)48-33-25-42(36-50)26-34-48/h1-34H. The molecular weight excluding hydrogens is 633 g/mol. The van der Waals surface area contributed by atoms with Crippen molar-refractivity contribution in [2.45, 2.75) is 0 Å². The van der Waals surface area contributed by atoms with Crippen LogP contribution in [0.15, 0.2) is 182 Å². The van der Waals surface area contributed by atoms with Gasteiger partial charge in [0.25, 0.3) is 0 Å². The highest BCUT2D eigenvalue weighted by Crippen LogP contribution is 2.36. The Balaban J connectivity index is 1.02. The lowest BCUT2D eigenvalue weighted by Crippen LogP contribution is -2.09. The monoisotopic (exact) mass is 666 g/mol. The Hall–Kier alpha value is -7.40. The first-order valence-electron chi connectivity index (χ1n) is 17.0. The Kier molecular flexibility index (Phi) is 10.1. The minimum Gasteiger partial charge on any atom is -0.311 e. The summed E-state index contributed by atoms with van der Waals surface area (Å²) >= 11 is 0. The lowest BCUT2D eigenvalue weighted by molar-refractivity contribution is 1.28. The molecule has 0 N–H and O–H groups in total. The highest BCUT2D eigenvalue weighted by molar-refractivity contribution is 5.80. The minimum atomic E-state index is 0.639. The second kappa shape index (κ2) is 15.9. The molecule has 0 aliphatic carbocycles. The zero-order valence-electron chi connectivity index (χ0n) is 28.4. The van der Waals surface area contributed by atoms with E-state index in [9.17, 15) is 10.5 Å². The maximum atomic E-state index is 9.25. The van der Waals surface area contributed by atoms with Crippen molar-refractivity contribution in [3.05, 3.63) is 215 Å². The Morgan fingerprint density at radius 2 is 0.519 bits per heavy atom. The SMILES string of the molecule is N#Cc1ccc(N(c2ccccc2)c2ccc(C=Cc3ccc(C=Cc4ccc(N(c5ccccc5)c5ccc(C#N)cc5)cc4)cc3)cc2)cc1. The molecule has 0 spiro atoms. The molecule has 0 saturated heterocycles. The number of rotatable bonds is 10. The number of hydrogen-bond donors (Lipinski definition) is 0. The van der Waals surface area contributed by atoms with Gasteiger partial charge < -0.3 is 9.80 Å². The van der Waals surface area contributed by atoms with Crippen molar-refractivity contribution in [3.8, 4) is 12.1 Å². The summed E-state index contributed by atoms with van der Waals surface area (Å²) in [6.45, 7) is 0. The second-order valence-corrected chi connectivity index (χ2v) is 12.2. The Bertz CT molecular complexity index is 2190. The van der Waals surface area contributed by atoms with Crippen LogP contribution in [-0.2, 0) is 0 Å². The van der Waals surface area contributed by atoms with Crippen LogP contribution in [0.25, 0.3) is 24.3 Å². The molecule has 0 unspecified atom stereocenters. The quantitative estimate of drug-likeness (QED) is 0.136. The molecule has 7 rings (SSSR count). The van der Waals surface area contributed by atoms with E-state index in [0.29, 0.717) is 11.1 Å². The number of anilines is 6.